The van der Waals surface area contributed by atoms with Crippen LogP contribution in [0.5, 0.6) is 0 Å². The van der Waals surface area contributed by atoms with Gasteiger partial charge in [-0.3, -0.25) is 0 Å². The predicted octanol–water partition coefficient (Wildman–Crippen LogP) is 6.40. The smallest absolute Gasteiger partial charge is 0.0350 e. The van der Waals surface area contributed by atoms with E-state index in [0.29, 0.717) is 6.42 Å². The van der Waals surface area contributed by atoms with Gasteiger partial charge in [-0.05, 0) is 31.1 Å². The minimum absolute atomic E-state index is 0. The first-order valence-electron chi connectivity index (χ1n) is 9.28. The Balaban J connectivity index is 0. The molecule has 0 aliphatic carbocycles. The Morgan fingerprint density at radius 3 is 1.64 bits per heavy atom. The number of aliphatic hydroxyl groups is 1. The van der Waals surface area contributed by atoms with E-state index >= 15 is 0 Å². The number of hydrogen-bond acceptors (Lipinski definition) is 1. The van der Waals surface area contributed by atoms with Gasteiger partial charge in [0.1, 0.15) is 0 Å². The molecule has 137 valence electrons. The second-order valence-corrected chi connectivity index (χ2v) is 8.11. The minimum Gasteiger partial charge on any atom is -0.393 e. The fraction of sp³-hybridized carbons (Fsp3) is 0.950. The van der Waals surface area contributed by atoms with Crippen molar-refractivity contribution in [3.8, 4) is 0 Å². The van der Waals surface area contributed by atoms with Gasteiger partial charge < -0.3 is 12.0 Å². The molecule has 3 atom stereocenters. The Kier molecular flexibility index (Phi) is 15.8. The first kappa shape index (κ1) is 24.8. The van der Waals surface area contributed by atoms with Crippen LogP contribution in [0.4, 0.5) is 0 Å². The Bertz CT molecular complexity index is 238. The first-order valence-corrected chi connectivity index (χ1v) is 9.28. The van der Waals surface area contributed by atoms with Crippen LogP contribution in [0, 0.1) is 24.7 Å². The average molecular weight is 400 g/mol. The van der Waals surface area contributed by atoms with Crippen molar-refractivity contribution in [2.75, 3.05) is 0 Å². The summed E-state index contributed by atoms with van der Waals surface area (Å²) in [5, 5.41) is 9.94. The van der Waals surface area contributed by atoms with Gasteiger partial charge in [0.2, 0.25) is 0 Å². The summed E-state index contributed by atoms with van der Waals surface area (Å²) < 4.78 is 0. The Morgan fingerprint density at radius 1 is 0.818 bits per heavy atom. The number of rotatable bonds is 13. The van der Waals surface area contributed by atoms with Gasteiger partial charge in [-0.25, -0.2) is 0 Å². The van der Waals surface area contributed by atoms with Crippen LogP contribution in [0.2, 0.25) is 0 Å². The maximum Gasteiger partial charge on any atom is 0.0350 e. The van der Waals surface area contributed by atoms with Crippen LogP contribution in [-0.4, -0.2) is 10.7 Å². The minimum atomic E-state index is -0.551. The summed E-state index contributed by atoms with van der Waals surface area (Å²) in [6.07, 6.45) is 12.2. The van der Waals surface area contributed by atoms with Gasteiger partial charge in [-0.1, -0.05) is 79.1 Å². The molecule has 1 nitrogen and oxygen atoms in total. The van der Waals surface area contributed by atoms with Crippen molar-refractivity contribution in [2.24, 2.45) is 17.8 Å². The summed E-state index contributed by atoms with van der Waals surface area (Å²) in [5.74, 6) is 2.55. The van der Waals surface area contributed by atoms with E-state index in [1.165, 1.54) is 44.9 Å². The van der Waals surface area contributed by atoms with Crippen molar-refractivity contribution in [1.82, 2.24) is 0 Å². The molecule has 0 rings (SSSR count). The zero-order valence-corrected chi connectivity index (χ0v) is 17.4. The van der Waals surface area contributed by atoms with Crippen molar-refractivity contribution in [2.45, 2.75) is 104 Å². The standard InChI is InChI=1S/C20H41O.Rh/c1-7-20(6,21)16-10-15-19(5)14-9-13-18(4)12-8-11-17(2)3;/h17-19,21H,1,7-16H2,2-6H3;/q-1;. The van der Waals surface area contributed by atoms with Crippen LogP contribution in [0.25, 0.3) is 0 Å². The summed E-state index contributed by atoms with van der Waals surface area (Å²) in [5.41, 5.74) is -0.551. The second-order valence-electron chi connectivity index (χ2n) is 8.11. The van der Waals surface area contributed by atoms with E-state index in [9.17, 15) is 5.11 Å². The predicted molar refractivity (Wildman–Crippen MR) is 95.3 cm³/mol. The molecule has 1 N–H and O–H groups in total. The molecular weight excluding hydrogens is 359 g/mol. The van der Waals surface area contributed by atoms with E-state index in [0.717, 1.165) is 30.6 Å². The molecule has 0 saturated heterocycles. The molecule has 0 heterocycles. The molecule has 0 bridgehead atoms. The van der Waals surface area contributed by atoms with Gasteiger partial charge in [0, 0.05) is 25.1 Å². The van der Waals surface area contributed by atoms with Crippen molar-refractivity contribution in [3.05, 3.63) is 6.92 Å². The average Bonchev–Trinajstić information content (AvgIpc) is 2.38. The van der Waals surface area contributed by atoms with Crippen LogP contribution in [0.1, 0.15) is 98.8 Å². The third-order valence-electron chi connectivity index (χ3n) is 4.82. The Labute approximate surface area is 153 Å². The van der Waals surface area contributed by atoms with Crippen LogP contribution < -0.4 is 0 Å². The van der Waals surface area contributed by atoms with Crippen LogP contribution in [0.3, 0.4) is 0 Å². The zero-order chi connectivity index (χ0) is 16.3. The summed E-state index contributed by atoms with van der Waals surface area (Å²) in [4.78, 5) is 0. The van der Waals surface area contributed by atoms with Crippen molar-refractivity contribution in [1.29, 1.82) is 0 Å². The van der Waals surface area contributed by atoms with Crippen LogP contribution in [0.15, 0.2) is 0 Å². The third kappa shape index (κ3) is 15.5. The monoisotopic (exact) mass is 400 g/mol. The molecule has 0 fully saturated rings. The summed E-state index contributed by atoms with van der Waals surface area (Å²) in [6, 6.07) is 0. The molecule has 0 aromatic rings. The van der Waals surface area contributed by atoms with E-state index in [1.54, 1.807) is 0 Å². The molecule has 22 heavy (non-hydrogen) atoms. The normalized spacial score (nSPS) is 16.9. The van der Waals surface area contributed by atoms with Crippen molar-refractivity contribution < 1.29 is 24.6 Å². The molecule has 0 aliphatic heterocycles. The third-order valence-corrected chi connectivity index (χ3v) is 4.82. The molecule has 0 saturated carbocycles. The maximum atomic E-state index is 9.94. The number of hydrogen-bond donors (Lipinski definition) is 1. The van der Waals surface area contributed by atoms with E-state index < -0.39 is 5.60 Å². The molecular formula is C20H41ORh-. The molecule has 0 aromatic carbocycles. The Hall–Kier alpha value is 0.583. The van der Waals surface area contributed by atoms with E-state index in [-0.39, 0.29) is 19.5 Å². The van der Waals surface area contributed by atoms with Gasteiger partial charge >= 0.3 is 0 Å². The van der Waals surface area contributed by atoms with Gasteiger partial charge in [-0.15, -0.1) is 0 Å². The summed E-state index contributed by atoms with van der Waals surface area (Å²) >= 11 is 0. The molecule has 2 heteroatoms. The largest absolute Gasteiger partial charge is 0.393 e. The molecule has 0 amide bonds. The maximum absolute atomic E-state index is 9.94. The van der Waals surface area contributed by atoms with Crippen molar-refractivity contribution >= 4 is 0 Å². The van der Waals surface area contributed by atoms with Crippen LogP contribution >= 0.6 is 0 Å². The Morgan fingerprint density at radius 2 is 1.23 bits per heavy atom. The molecule has 0 aliphatic rings. The fourth-order valence-electron chi connectivity index (χ4n) is 2.93. The van der Waals surface area contributed by atoms with E-state index in [2.05, 4.69) is 34.6 Å². The SMILES string of the molecule is [CH2-]CC(C)(O)CCCC(C)CCCC(C)CCCC(C)C.[Rh]. The van der Waals surface area contributed by atoms with Gasteiger partial charge in [0.05, 0.1) is 0 Å². The summed E-state index contributed by atoms with van der Waals surface area (Å²) in [6.45, 7) is 15.1. The topological polar surface area (TPSA) is 20.2 Å². The van der Waals surface area contributed by atoms with Gasteiger partial charge in [-0.2, -0.15) is 6.42 Å². The van der Waals surface area contributed by atoms with Gasteiger partial charge in [0.25, 0.3) is 0 Å². The molecule has 0 aromatic heterocycles. The first-order chi connectivity index (χ1) is 9.76. The molecule has 1 radical (unpaired) electrons. The second kappa shape index (κ2) is 14.0. The van der Waals surface area contributed by atoms with E-state index in [1.807, 2.05) is 6.92 Å². The quantitative estimate of drug-likeness (QED) is 0.280. The zero-order valence-electron chi connectivity index (χ0n) is 15.8. The van der Waals surface area contributed by atoms with Gasteiger partial charge in [0.15, 0.2) is 0 Å². The van der Waals surface area contributed by atoms with Crippen LogP contribution in [-0.2, 0) is 19.5 Å². The van der Waals surface area contributed by atoms with E-state index in [4.69, 9.17) is 0 Å². The van der Waals surface area contributed by atoms with Crippen molar-refractivity contribution in [3.63, 3.8) is 0 Å². The summed E-state index contributed by atoms with van der Waals surface area (Å²) in [7, 11) is 0. The molecule has 0 spiro atoms. The fourth-order valence-corrected chi connectivity index (χ4v) is 2.93. The molecule has 3 unspecified atom stereocenters.